The Morgan fingerprint density at radius 2 is 1.58 bits per heavy atom. The van der Waals surface area contributed by atoms with E-state index in [2.05, 4.69) is 21.2 Å². The summed E-state index contributed by atoms with van der Waals surface area (Å²) < 4.78 is 11.3. The standard InChI is InChI=1S/C26H19BrN2O6S/c1-34-20-12-4-17(5-13-20)25(32)35-21-10-2-16(3-11-21)14-22-24(31)29(26(33)36-22)15-23(30)28-19-8-6-18(27)7-9-19/h2-14H,15H2,1H3,(H,28,30)/b22-14+. The third-order valence-corrected chi connectivity index (χ3v) is 6.45. The molecule has 10 heteroatoms. The van der Waals surface area contributed by atoms with Crippen LogP contribution in [-0.2, 0) is 9.59 Å². The summed E-state index contributed by atoms with van der Waals surface area (Å²) in [6, 6.07) is 20.0. The van der Waals surface area contributed by atoms with Crippen LogP contribution in [0, 0.1) is 0 Å². The first kappa shape index (κ1) is 25.2. The van der Waals surface area contributed by atoms with Crippen LogP contribution < -0.4 is 14.8 Å². The number of amides is 3. The minimum atomic E-state index is -0.550. The highest BCUT2D eigenvalue weighted by Crippen LogP contribution is 2.32. The van der Waals surface area contributed by atoms with E-state index in [-0.39, 0.29) is 4.91 Å². The molecule has 1 heterocycles. The Hall–Kier alpha value is -3.89. The molecule has 8 nitrogen and oxygen atoms in total. The van der Waals surface area contributed by atoms with Gasteiger partial charge >= 0.3 is 5.97 Å². The van der Waals surface area contributed by atoms with E-state index in [1.165, 1.54) is 7.11 Å². The highest BCUT2D eigenvalue weighted by Gasteiger charge is 2.36. The van der Waals surface area contributed by atoms with Crippen LogP contribution in [0.1, 0.15) is 15.9 Å². The van der Waals surface area contributed by atoms with Crippen molar-refractivity contribution >= 4 is 62.5 Å². The number of carbonyl (C=O) groups is 4. The molecule has 0 atom stereocenters. The summed E-state index contributed by atoms with van der Waals surface area (Å²) in [4.78, 5) is 50.8. The molecule has 0 radical (unpaired) electrons. The van der Waals surface area contributed by atoms with Crippen molar-refractivity contribution in [2.45, 2.75) is 0 Å². The Kier molecular flexibility index (Phi) is 7.87. The van der Waals surface area contributed by atoms with Gasteiger partial charge in [0.25, 0.3) is 11.1 Å². The second kappa shape index (κ2) is 11.2. The molecule has 3 amide bonds. The number of hydrogen-bond donors (Lipinski definition) is 1. The van der Waals surface area contributed by atoms with Gasteiger partial charge in [-0.25, -0.2) is 4.79 Å². The van der Waals surface area contributed by atoms with E-state index in [1.807, 2.05) is 0 Å². The molecule has 182 valence electrons. The molecule has 0 saturated carbocycles. The zero-order valence-electron chi connectivity index (χ0n) is 18.9. The van der Waals surface area contributed by atoms with Crippen LogP contribution in [0.5, 0.6) is 11.5 Å². The van der Waals surface area contributed by atoms with Crippen LogP contribution >= 0.6 is 27.7 Å². The quantitative estimate of drug-likeness (QED) is 0.233. The molecule has 0 bridgehead atoms. The number of carbonyl (C=O) groups excluding carboxylic acids is 4. The van der Waals surface area contributed by atoms with Gasteiger partial charge in [0.05, 0.1) is 17.6 Å². The third-order valence-electron chi connectivity index (χ3n) is 5.02. The van der Waals surface area contributed by atoms with Crippen LogP contribution in [0.3, 0.4) is 0 Å². The number of imide groups is 1. The fraction of sp³-hybridized carbons (Fsp3) is 0.0769. The molecular formula is C26H19BrN2O6S. The van der Waals surface area contributed by atoms with Crippen molar-refractivity contribution in [1.29, 1.82) is 0 Å². The van der Waals surface area contributed by atoms with Crippen LogP contribution in [0.15, 0.2) is 82.2 Å². The smallest absolute Gasteiger partial charge is 0.343 e. The Morgan fingerprint density at radius 1 is 0.944 bits per heavy atom. The summed E-state index contributed by atoms with van der Waals surface area (Å²) in [6.07, 6.45) is 1.55. The molecule has 3 aromatic carbocycles. The van der Waals surface area contributed by atoms with Crippen LogP contribution in [0.4, 0.5) is 10.5 Å². The van der Waals surface area contributed by atoms with Crippen LogP contribution in [0.2, 0.25) is 0 Å². The summed E-state index contributed by atoms with van der Waals surface area (Å²) in [6.45, 7) is -0.391. The summed E-state index contributed by atoms with van der Waals surface area (Å²) in [7, 11) is 1.54. The number of hydrogen-bond acceptors (Lipinski definition) is 7. The van der Waals surface area contributed by atoms with Gasteiger partial charge in [-0.3, -0.25) is 19.3 Å². The molecular weight excluding hydrogens is 548 g/mol. The molecule has 1 N–H and O–H groups in total. The predicted molar refractivity (Wildman–Crippen MR) is 140 cm³/mol. The lowest BCUT2D eigenvalue weighted by Gasteiger charge is -2.12. The Balaban J connectivity index is 1.36. The average molecular weight is 567 g/mol. The van der Waals surface area contributed by atoms with E-state index in [9.17, 15) is 19.2 Å². The average Bonchev–Trinajstić information content (AvgIpc) is 3.13. The van der Waals surface area contributed by atoms with Crippen molar-refractivity contribution in [2.24, 2.45) is 0 Å². The van der Waals surface area contributed by atoms with Crippen molar-refractivity contribution in [3.63, 3.8) is 0 Å². The topological polar surface area (TPSA) is 102 Å². The van der Waals surface area contributed by atoms with Crippen molar-refractivity contribution in [2.75, 3.05) is 19.0 Å². The molecule has 1 aliphatic rings. The number of halogens is 1. The second-order valence-corrected chi connectivity index (χ2v) is 9.42. The number of esters is 1. The van der Waals surface area contributed by atoms with E-state index in [0.717, 1.165) is 21.1 Å². The number of rotatable bonds is 7. The highest BCUT2D eigenvalue weighted by molar-refractivity contribution is 9.10. The van der Waals surface area contributed by atoms with Gasteiger partial charge < -0.3 is 14.8 Å². The van der Waals surface area contributed by atoms with Gasteiger partial charge in [-0.05, 0) is 84.1 Å². The molecule has 0 aliphatic carbocycles. The molecule has 0 unspecified atom stereocenters. The molecule has 1 aliphatic heterocycles. The van der Waals surface area contributed by atoms with Crippen LogP contribution in [0.25, 0.3) is 6.08 Å². The Morgan fingerprint density at radius 3 is 2.22 bits per heavy atom. The molecule has 36 heavy (non-hydrogen) atoms. The molecule has 0 aromatic heterocycles. The number of nitrogens with zero attached hydrogens (tertiary/aromatic N) is 1. The summed E-state index contributed by atoms with van der Waals surface area (Å²) in [5.74, 6) is -0.598. The first-order chi connectivity index (χ1) is 17.3. The molecule has 1 saturated heterocycles. The summed E-state index contributed by atoms with van der Waals surface area (Å²) in [5.41, 5.74) is 1.56. The van der Waals surface area contributed by atoms with Gasteiger partial charge in [0.15, 0.2) is 0 Å². The van der Waals surface area contributed by atoms with Gasteiger partial charge in [0.1, 0.15) is 18.0 Å². The summed E-state index contributed by atoms with van der Waals surface area (Å²) in [5, 5.41) is 2.13. The lowest BCUT2D eigenvalue weighted by molar-refractivity contribution is -0.127. The monoisotopic (exact) mass is 566 g/mol. The number of ether oxygens (including phenoxy) is 2. The fourth-order valence-corrected chi connectivity index (χ4v) is 4.29. The number of anilines is 1. The maximum atomic E-state index is 12.7. The first-order valence-corrected chi connectivity index (χ1v) is 12.2. The highest BCUT2D eigenvalue weighted by atomic mass is 79.9. The third kappa shape index (κ3) is 6.21. The van der Waals surface area contributed by atoms with Gasteiger partial charge in [-0.1, -0.05) is 28.1 Å². The van der Waals surface area contributed by atoms with Crippen molar-refractivity contribution < 1.29 is 28.7 Å². The number of nitrogens with one attached hydrogen (secondary N) is 1. The van der Waals surface area contributed by atoms with Gasteiger partial charge in [-0.15, -0.1) is 0 Å². The van der Waals surface area contributed by atoms with E-state index in [1.54, 1.807) is 78.9 Å². The van der Waals surface area contributed by atoms with E-state index < -0.39 is 29.6 Å². The van der Waals surface area contributed by atoms with Crippen molar-refractivity contribution in [1.82, 2.24) is 4.90 Å². The number of benzene rings is 3. The van der Waals surface area contributed by atoms with Gasteiger partial charge in [0, 0.05) is 10.2 Å². The van der Waals surface area contributed by atoms with Gasteiger partial charge in [-0.2, -0.15) is 0 Å². The molecule has 4 rings (SSSR count). The largest absolute Gasteiger partial charge is 0.497 e. The van der Waals surface area contributed by atoms with Crippen LogP contribution in [-0.4, -0.2) is 41.6 Å². The molecule has 3 aromatic rings. The SMILES string of the molecule is COc1ccc(C(=O)Oc2ccc(/C=C3/SC(=O)N(CC(=O)Nc4ccc(Br)cc4)C3=O)cc2)cc1. The zero-order chi connectivity index (χ0) is 25.7. The minimum Gasteiger partial charge on any atom is -0.497 e. The lowest BCUT2D eigenvalue weighted by Crippen LogP contribution is -2.36. The second-order valence-electron chi connectivity index (χ2n) is 7.51. The van der Waals surface area contributed by atoms with Crippen molar-refractivity contribution in [3.05, 3.63) is 93.3 Å². The Bertz CT molecular complexity index is 1340. The normalized spacial score (nSPS) is 14.2. The lowest BCUT2D eigenvalue weighted by atomic mass is 10.2. The minimum absolute atomic E-state index is 0.194. The van der Waals surface area contributed by atoms with Crippen molar-refractivity contribution in [3.8, 4) is 11.5 Å². The predicted octanol–water partition coefficient (Wildman–Crippen LogP) is 5.35. The Labute approximate surface area is 219 Å². The fourth-order valence-electron chi connectivity index (χ4n) is 3.19. The van der Waals surface area contributed by atoms with Gasteiger partial charge in [0.2, 0.25) is 5.91 Å². The number of thioether (sulfide) groups is 1. The maximum absolute atomic E-state index is 12.7. The first-order valence-electron chi connectivity index (χ1n) is 10.6. The van der Waals surface area contributed by atoms with E-state index >= 15 is 0 Å². The molecule has 1 fully saturated rings. The van der Waals surface area contributed by atoms with E-state index in [0.29, 0.717) is 28.3 Å². The number of methoxy groups -OCH3 is 1. The maximum Gasteiger partial charge on any atom is 0.343 e. The summed E-state index contributed by atoms with van der Waals surface area (Å²) >= 11 is 4.07. The molecule has 0 spiro atoms. The van der Waals surface area contributed by atoms with E-state index in [4.69, 9.17) is 9.47 Å². The zero-order valence-corrected chi connectivity index (χ0v) is 21.3.